The molecular weight excluding hydrogens is 274 g/mol. The normalized spacial score (nSPS) is 34.6. The Morgan fingerprint density at radius 2 is 1.82 bits per heavy atom. The minimum atomic E-state index is -0.102. The maximum Gasteiger partial charge on any atom is 0.312 e. The Morgan fingerprint density at radius 1 is 1.18 bits per heavy atom. The fourth-order valence-electron chi connectivity index (χ4n) is 5.06. The summed E-state index contributed by atoms with van der Waals surface area (Å²) >= 11 is 0. The first kappa shape index (κ1) is 14.3. The molecule has 0 radical (unpaired) electrons. The number of hydrogen-bond acceptors (Lipinski definition) is 3. The molecule has 0 unspecified atom stereocenters. The van der Waals surface area contributed by atoms with Gasteiger partial charge in [0.05, 0.1) is 12.5 Å². The summed E-state index contributed by atoms with van der Waals surface area (Å²) < 4.78 is 4.95. The summed E-state index contributed by atoms with van der Waals surface area (Å²) in [7, 11) is 1.52. The lowest BCUT2D eigenvalue weighted by molar-refractivity contribution is -0.237. The predicted molar refractivity (Wildman–Crippen MR) is 85.5 cm³/mol. The first-order valence-corrected chi connectivity index (χ1v) is 8.53. The maximum atomic E-state index is 11.8. The smallest absolute Gasteiger partial charge is 0.312 e. The van der Waals surface area contributed by atoms with Gasteiger partial charge in [-0.2, -0.15) is 0 Å². The Kier molecular flexibility index (Phi) is 3.30. The number of methoxy groups -OCH3 is 1. The van der Waals surface area contributed by atoms with Crippen LogP contribution in [0.3, 0.4) is 0 Å². The predicted octanol–water partition coefficient (Wildman–Crippen LogP) is 3.04. The number of carbonyl (C=O) groups excluding carboxylic acids is 1. The Labute approximate surface area is 132 Å². The highest BCUT2D eigenvalue weighted by molar-refractivity contribution is 5.82. The van der Waals surface area contributed by atoms with Crippen LogP contribution in [0.25, 0.3) is 0 Å². The van der Waals surface area contributed by atoms with Crippen molar-refractivity contribution in [2.24, 2.45) is 11.3 Å². The second-order valence-corrected chi connectivity index (χ2v) is 7.65. The van der Waals surface area contributed by atoms with Crippen molar-refractivity contribution in [1.29, 1.82) is 0 Å². The fourth-order valence-corrected chi connectivity index (χ4v) is 5.06. The van der Waals surface area contributed by atoms with Crippen molar-refractivity contribution in [3.63, 3.8) is 0 Å². The van der Waals surface area contributed by atoms with E-state index in [9.17, 15) is 4.79 Å². The second kappa shape index (κ2) is 5.09. The molecule has 118 valence electrons. The zero-order chi connectivity index (χ0) is 15.2. The third-order valence-corrected chi connectivity index (χ3v) is 6.27. The quantitative estimate of drug-likeness (QED) is 0.800. The average molecular weight is 299 g/mol. The van der Waals surface area contributed by atoms with Crippen LogP contribution < -0.4 is 0 Å². The molecular formula is C19H25NO2. The molecule has 1 saturated heterocycles. The molecule has 5 rings (SSSR count). The molecule has 4 fully saturated rings. The Balaban J connectivity index is 1.28. The summed E-state index contributed by atoms with van der Waals surface area (Å²) in [5.41, 5.74) is 1.72. The molecule has 1 aromatic rings. The van der Waals surface area contributed by atoms with Gasteiger partial charge in [-0.1, -0.05) is 30.3 Å². The van der Waals surface area contributed by atoms with E-state index in [0.717, 1.165) is 25.2 Å². The van der Waals surface area contributed by atoms with Crippen LogP contribution in [0.1, 0.15) is 37.7 Å². The van der Waals surface area contributed by atoms with Gasteiger partial charge in [0.15, 0.2) is 0 Å². The lowest BCUT2D eigenvalue weighted by atomic mass is 9.38. The fraction of sp³-hybridized carbons (Fsp3) is 0.632. The monoisotopic (exact) mass is 299 g/mol. The van der Waals surface area contributed by atoms with E-state index in [1.807, 2.05) is 0 Å². The molecule has 3 aliphatic carbocycles. The highest BCUT2D eigenvalue weighted by atomic mass is 16.5. The molecule has 1 aromatic carbocycles. The van der Waals surface area contributed by atoms with Crippen LogP contribution in [0.2, 0.25) is 0 Å². The van der Waals surface area contributed by atoms with Crippen LogP contribution >= 0.6 is 0 Å². The van der Waals surface area contributed by atoms with Crippen molar-refractivity contribution in [2.75, 3.05) is 20.2 Å². The van der Waals surface area contributed by atoms with E-state index in [-0.39, 0.29) is 11.4 Å². The van der Waals surface area contributed by atoms with Gasteiger partial charge >= 0.3 is 5.97 Å². The van der Waals surface area contributed by atoms with Crippen molar-refractivity contribution in [1.82, 2.24) is 4.90 Å². The average Bonchev–Trinajstić information content (AvgIpc) is 2.47. The van der Waals surface area contributed by atoms with Crippen LogP contribution in [-0.2, 0) is 16.0 Å². The number of piperidine rings is 1. The van der Waals surface area contributed by atoms with Crippen LogP contribution in [0, 0.1) is 11.3 Å². The van der Waals surface area contributed by atoms with Gasteiger partial charge in [-0.3, -0.25) is 9.69 Å². The molecule has 1 heterocycles. The number of ether oxygens (including phenoxy) is 1. The molecule has 0 N–H and O–H groups in total. The number of benzene rings is 1. The van der Waals surface area contributed by atoms with E-state index >= 15 is 0 Å². The number of rotatable bonds is 4. The van der Waals surface area contributed by atoms with Crippen molar-refractivity contribution < 1.29 is 9.53 Å². The van der Waals surface area contributed by atoms with Gasteiger partial charge < -0.3 is 4.74 Å². The highest BCUT2D eigenvalue weighted by Crippen LogP contribution is 2.70. The van der Waals surface area contributed by atoms with E-state index in [4.69, 9.17) is 4.74 Å². The van der Waals surface area contributed by atoms with Gasteiger partial charge in [0, 0.05) is 5.54 Å². The SMILES string of the molecule is COC(=O)C12CC(N3CCC(Cc4ccccc4)CC3)(C1)C2. The lowest BCUT2D eigenvalue weighted by Crippen LogP contribution is -2.77. The minimum absolute atomic E-state index is 0.0216. The molecule has 0 spiro atoms. The van der Waals surface area contributed by atoms with Gasteiger partial charge in [0.1, 0.15) is 0 Å². The summed E-state index contributed by atoms with van der Waals surface area (Å²) in [6.45, 7) is 2.41. The third-order valence-electron chi connectivity index (χ3n) is 6.27. The molecule has 0 atom stereocenters. The topological polar surface area (TPSA) is 29.5 Å². The Hall–Kier alpha value is -1.35. The second-order valence-electron chi connectivity index (χ2n) is 7.65. The number of nitrogens with zero attached hydrogens (tertiary/aromatic N) is 1. The highest BCUT2D eigenvalue weighted by Gasteiger charge is 2.74. The largest absolute Gasteiger partial charge is 0.469 e. The zero-order valence-corrected chi connectivity index (χ0v) is 13.4. The molecule has 22 heavy (non-hydrogen) atoms. The molecule has 4 aliphatic rings. The van der Waals surface area contributed by atoms with Crippen LogP contribution in [0.4, 0.5) is 0 Å². The third kappa shape index (κ3) is 2.10. The van der Waals surface area contributed by atoms with Crippen LogP contribution in [0.15, 0.2) is 30.3 Å². The van der Waals surface area contributed by atoms with Crippen molar-refractivity contribution in [2.45, 2.75) is 44.1 Å². The van der Waals surface area contributed by atoms with Gasteiger partial charge in [-0.25, -0.2) is 0 Å². The number of esters is 1. The van der Waals surface area contributed by atoms with Gasteiger partial charge in [-0.05, 0) is 63.1 Å². The summed E-state index contributed by atoms with van der Waals surface area (Å²) in [6.07, 6.45) is 6.92. The van der Waals surface area contributed by atoms with Crippen LogP contribution in [-0.4, -0.2) is 36.6 Å². The molecule has 3 nitrogen and oxygen atoms in total. The first-order chi connectivity index (χ1) is 10.7. The molecule has 0 amide bonds. The summed E-state index contributed by atoms with van der Waals surface area (Å²) in [5, 5.41) is 0. The van der Waals surface area contributed by atoms with Gasteiger partial charge in [0.25, 0.3) is 0 Å². The molecule has 3 saturated carbocycles. The number of carbonyl (C=O) groups is 1. The Bertz CT molecular complexity index is 540. The molecule has 2 bridgehead atoms. The summed E-state index contributed by atoms with van der Waals surface area (Å²) in [4.78, 5) is 14.5. The summed E-state index contributed by atoms with van der Waals surface area (Å²) in [5.74, 6) is 0.842. The van der Waals surface area contributed by atoms with E-state index in [2.05, 4.69) is 35.2 Å². The van der Waals surface area contributed by atoms with Gasteiger partial charge in [-0.15, -0.1) is 0 Å². The zero-order valence-electron chi connectivity index (χ0n) is 13.4. The number of hydrogen-bond donors (Lipinski definition) is 0. The van der Waals surface area contributed by atoms with E-state index in [0.29, 0.717) is 5.54 Å². The molecule has 1 aliphatic heterocycles. The first-order valence-electron chi connectivity index (χ1n) is 8.53. The molecule has 3 heteroatoms. The number of likely N-dealkylation sites (tertiary alicyclic amines) is 1. The van der Waals surface area contributed by atoms with Gasteiger partial charge in [0.2, 0.25) is 0 Å². The lowest BCUT2D eigenvalue weighted by Gasteiger charge is -2.72. The van der Waals surface area contributed by atoms with Crippen molar-refractivity contribution in [3.8, 4) is 0 Å². The Morgan fingerprint density at radius 3 is 2.41 bits per heavy atom. The van der Waals surface area contributed by atoms with Crippen molar-refractivity contribution in [3.05, 3.63) is 35.9 Å². The van der Waals surface area contributed by atoms with Crippen molar-refractivity contribution >= 4 is 5.97 Å². The van der Waals surface area contributed by atoms with E-state index in [1.54, 1.807) is 0 Å². The van der Waals surface area contributed by atoms with Crippen LogP contribution in [0.5, 0.6) is 0 Å². The summed E-state index contributed by atoms with van der Waals surface area (Å²) in [6, 6.07) is 10.9. The maximum absolute atomic E-state index is 11.8. The van der Waals surface area contributed by atoms with E-state index < -0.39 is 0 Å². The minimum Gasteiger partial charge on any atom is -0.469 e. The standard InChI is InChI=1S/C19H25NO2/c1-22-17(21)18-12-19(13-18,14-18)20-9-7-16(8-10-20)11-15-5-3-2-4-6-15/h2-6,16H,7-14H2,1H3. The molecule has 0 aromatic heterocycles. The van der Waals surface area contributed by atoms with E-state index in [1.165, 1.54) is 45.0 Å².